The number of hydrogen-bond donors (Lipinski definition) is 0. The van der Waals surface area contributed by atoms with Crippen molar-refractivity contribution in [2.45, 2.75) is 104 Å². The lowest BCUT2D eigenvalue weighted by Gasteiger charge is -2.26. The number of cyclic esters (lactones) is 1. The average Bonchev–Trinajstić information content (AvgIpc) is 3.11. The van der Waals surface area contributed by atoms with Gasteiger partial charge in [0.2, 0.25) is 5.91 Å². The van der Waals surface area contributed by atoms with Gasteiger partial charge in [-0.25, -0.2) is 9.69 Å². The molecule has 1 saturated heterocycles. The number of carbonyl (C=O) groups is 3. The molecule has 6 heteroatoms. The van der Waals surface area contributed by atoms with E-state index in [1.54, 1.807) is 0 Å². The van der Waals surface area contributed by atoms with Crippen LogP contribution >= 0.6 is 0 Å². The highest BCUT2D eigenvalue weighted by atomic mass is 16.6. The van der Waals surface area contributed by atoms with Crippen LogP contribution in [0.4, 0.5) is 4.79 Å². The third kappa shape index (κ3) is 9.56. The van der Waals surface area contributed by atoms with Gasteiger partial charge >= 0.3 is 12.1 Å². The lowest BCUT2D eigenvalue weighted by molar-refractivity contribution is -0.158. The van der Waals surface area contributed by atoms with Crippen molar-refractivity contribution >= 4 is 18.0 Å². The SMILES string of the molecule is CCCCCCCCC[C@H](CC(=O)OC(C)(C)C)C(=O)N1C(=O)OC[C@@H]1Cc1ccccc1. The number of unbranched alkanes of at least 4 members (excludes halogenated alkanes) is 6. The highest BCUT2D eigenvalue weighted by molar-refractivity contribution is 5.96. The quantitative estimate of drug-likeness (QED) is 0.265. The minimum absolute atomic E-state index is 0.0201. The maximum atomic E-state index is 13.5. The maximum absolute atomic E-state index is 13.5. The number of imide groups is 1. The van der Waals surface area contributed by atoms with Crippen LogP contribution in [0.1, 0.15) is 91.0 Å². The molecule has 2 rings (SSSR count). The zero-order valence-electron chi connectivity index (χ0n) is 20.8. The van der Waals surface area contributed by atoms with Crippen molar-refractivity contribution in [3.05, 3.63) is 35.9 Å². The van der Waals surface area contributed by atoms with E-state index in [1.165, 1.54) is 30.6 Å². The largest absolute Gasteiger partial charge is 0.460 e. The Morgan fingerprint density at radius 2 is 1.70 bits per heavy atom. The number of hydrogen-bond acceptors (Lipinski definition) is 5. The van der Waals surface area contributed by atoms with Gasteiger partial charge in [-0.05, 0) is 39.2 Å². The smallest absolute Gasteiger partial charge is 0.416 e. The van der Waals surface area contributed by atoms with E-state index < -0.39 is 23.6 Å². The fraction of sp³-hybridized carbons (Fsp3) is 0.667. The molecule has 1 aromatic rings. The van der Waals surface area contributed by atoms with Crippen LogP contribution < -0.4 is 0 Å². The standard InChI is InChI=1S/C27H41NO5/c1-5-6-7-8-9-10-14-17-22(19-24(29)33-27(2,3)4)25(30)28-23(20-32-26(28)31)18-21-15-12-11-13-16-21/h11-13,15-16,22-23H,5-10,14,17-20H2,1-4H3/t22-,23+/m1/s1. The molecule has 1 aliphatic heterocycles. The molecule has 1 fully saturated rings. The average molecular weight is 460 g/mol. The fourth-order valence-electron chi connectivity index (χ4n) is 4.21. The summed E-state index contributed by atoms with van der Waals surface area (Å²) in [6.07, 6.45) is 8.33. The van der Waals surface area contributed by atoms with Crippen LogP contribution in [-0.4, -0.2) is 41.1 Å². The molecule has 0 saturated carbocycles. The van der Waals surface area contributed by atoms with Gasteiger partial charge in [0.05, 0.1) is 12.5 Å². The third-order valence-electron chi connectivity index (χ3n) is 5.85. The molecule has 0 radical (unpaired) electrons. The van der Waals surface area contributed by atoms with Gasteiger partial charge in [-0.15, -0.1) is 0 Å². The Kier molecular flexibility index (Phi) is 10.9. The van der Waals surface area contributed by atoms with E-state index in [-0.39, 0.29) is 25.0 Å². The summed E-state index contributed by atoms with van der Waals surface area (Å²) in [6.45, 7) is 7.81. The van der Waals surface area contributed by atoms with Crippen molar-refractivity contribution in [3.8, 4) is 0 Å². The van der Waals surface area contributed by atoms with Crippen molar-refractivity contribution in [2.24, 2.45) is 5.92 Å². The molecule has 0 bridgehead atoms. The third-order valence-corrected chi connectivity index (χ3v) is 5.85. The van der Waals surface area contributed by atoms with Crippen LogP contribution in [0.2, 0.25) is 0 Å². The van der Waals surface area contributed by atoms with Crippen LogP contribution in [0.3, 0.4) is 0 Å². The Bertz CT molecular complexity index is 756. The molecule has 2 atom stereocenters. The molecule has 1 aliphatic rings. The summed E-state index contributed by atoms with van der Waals surface area (Å²) in [5.74, 6) is -1.31. The molecular formula is C27H41NO5. The van der Waals surface area contributed by atoms with Gasteiger partial charge < -0.3 is 9.47 Å². The first-order valence-corrected chi connectivity index (χ1v) is 12.5. The molecule has 0 unspecified atom stereocenters. The first kappa shape index (κ1) is 26.9. The van der Waals surface area contributed by atoms with Crippen LogP contribution in [-0.2, 0) is 25.5 Å². The lowest BCUT2D eigenvalue weighted by Crippen LogP contribution is -2.44. The Balaban J connectivity index is 2.04. The molecule has 0 aromatic heterocycles. The number of carbonyl (C=O) groups excluding carboxylic acids is 3. The Morgan fingerprint density at radius 3 is 2.33 bits per heavy atom. The molecule has 2 amide bonds. The van der Waals surface area contributed by atoms with Gasteiger partial charge in [0.25, 0.3) is 0 Å². The first-order chi connectivity index (χ1) is 15.7. The minimum Gasteiger partial charge on any atom is -0.460 e. The zero-order chi connectivity index (χ0) is 24.3. The van der Waals surface area contributed by atoms with E-state index in [2.05, 4.69) is 6.92 Å². The number of ether oxygens (including phenoxy) is 2. The summed E-state index contributed by atoms with van der Waals surface area (Å²) in [7, 11) is 0. The van der Waals surface area contributed by atoms with Crippen LogP contribution in [0.5, 0.6) is 0 Å². The lowest BCUT2D eigenvalue weighted by atomic mass is 9.94. The molecule has 6 nitrogen and oxygen atoms in total. The number of amides is 2. The van der Waals surface area contributed by atoms with E-state index in [0.29, 0.717) is 12.8 Å². The monoisotopic (exact) mass is 459 g/mol. The Labute approximate surface area is 199 Å². The van der Waals surface area contributed by atoms with Gasteiger partial charge in [-0.3, -0.25) is 9.59 Å². The highest BCUT2D eigenvalue weighted by Gasteiger charge is 2.41. The molecule has 1 heterocycles. The van der Waals surface area contributed by atoms with Crippen molar-refractivity contribution in [1.29, 1.82) is 0 Å². The van der Waals surface area contributed by atoms with Crippen molar-refractivity contribution in [2.75, 3.05) is 6.61 Å². The molecular weight excluding hydrogens is 418 g/mol. The van der Waals surface area contributed by atoms with Crippen LogP contribution in [0.25, 0.3) is 0 Å². The van der Waals surface area contributed by atoms with Crippen molar-refractivity contribution in [3.63, 3.8) is 0 Å². The van der Waals surface area contributed by atoms with E-state index in [1.807, 2.05) is 51.1 Å². The fourth-order valence-corrected chi connectivity index (χ4v) is 4.21. The summed E-state index contributed by atoms with van der Waals surface area (Å²) in [6, 6.07) is 9.39. The van der Waals surface area contributed by atoms with Gasteiger partial charge in [0.15, 0.2) is 0 Å². The second-order valence-electron chi connectivity index (χ2n) is 10.0. The summed E-state index contributed by atoms with van der Waals surface area (Å²) in [4.78, 5) is 39.7. The second-order valence-corrected chi connectivity index (χ2v) is 10.0. The number of rotatable bonds is 13. The summed E-state index contributed by atoms with van der Waals surface area (Å²) < 4.78 is 10.7. The topological polar surface area (TPSA) is 72.9 Å². The first-order valence-electron chi connectivity index (χ1n) is 12.5. The number of nitrogens with zero attached hydrogens (tertiary/aromatic N) is 1. The highest BCUT2D eigenvalue weighted by Crippen LogP contribution is 2.25. The Morgan fingerprint density at radius 1 is 1.06 bits per heavy atom. The molecule has 0 spiro atoms. The normalized spacial score (nSPS) is 17.0. The molecule has 1 aromatic carbocycles. The molecule has 0 N–H and O–H groups in total. The van der Waals surface area contributed by atoms with Gasteiger partial charge in [-0.1, -0.05) is 82.2 Å². The van der Waals surface area contributed by atoms with E-state index in [0.717, 1.165) is 24.8 Å². The van der Waals surface area contributed by atoms with Crippen LogP contribution in [0, 0.1) is 5.92 Å². The van der Waals surface area contributed by atoms with Crippen molar-refractivity contribution < 1.29 is 23.9 Å². The van der Waals surface area contributed by atoms with Gasteiger partial charge in [0.1, 0.15) is 12.2 Å². The van der Waals surface area contributed by atoms with E-state index in [4.69, 9.17) is 9.47 Å². The van der Waals surface area contributed by atoms with Gasteiger partial charge in [0, 0.05) is 5.92 Å². The predicted molar refractivity (Wildman–Crippen MR) is 129 cm³/mol. The minimum atomic E-state index is -0.619. The Hall–Kier alpha value is -2.37. The summed E-state index contributed by atoms with van der Waals surface area (Å²) in [5.41, 5.74) is 0.418. The van der Waals surface area contributed by atoms with E-state index >= 15 is 0 Å². The second kappa shape index (κ2) is 13.4. The summed E-state index contributed by atoms with van der Waals surface area (Å²) >= 11 is 0. The molecule has 0 aliphatic carbocycles. The molecule has 33 heavy (non-hydrogen) atoms. The maximum Gasteiger partial charge on any atom is 0.416 e. The number of esters is 1. The zero-order valence-corrected chi connectivity index (χ0v) is 20.8. The van der Waals surface area contributed by atoms with Crippen LogP contribution in [0.15, 0.2) is 30.3 Å². The van der Waals surface area contributed by atoms with Crippen molar-refractivity contribution in [1.82, 2.24) is 4.90 Å². The van der Waals surface area contributed by atoms with Gasteiger partial charge in [-0.2, -0.15) is 0 Å². The predicted octanol–water partition coefficient (Wildman–Crippen LogP) is 6.07. The summed E-state index contributed by atoms with van der Waals surface area (Å²) in [5, 5.41) is 0. The van der Waals surface area contributed by atoms with E-state index in [9.17, 15) is 14.4 Å². The number of benzene rings is 1. The molecule has 184 valence electrons.